The van der Waals surface area contributed by atoms with Gasteiger partial charge in [0.2, 0.25) is 0 Å². The van der Waals surface area contributed by atoms with Crippen LogP contribution in [0.1, 0.15) is 12.5 Å². The van der Waals surface area contributed by atoms with Crippen LogP contribution < -0.4 is 0 Å². The molecule has 0 aromatic heterocycles. The van der Waals surface area contributed by atoms with Crippen molar-refractivity contribution < 1.29 is 9.84 Å². The van der Waals surface area contributed by atoms with Crippen LogP contribution in [0.25, 0.3) is 11.1 Å². The highest BCUT2D eigenvalue weighted by molar-refractivity contribution is 6.30. The van der Waals surface area contributed by atoms with E-state index in [1.807, 2.05) is 36.4 Å². The van der Waals surface area contributed by atoms with E-state index in [0.717, 1.165) is 21.7 Å². The van der Waals surface area contributed by atoms with Crippen LogP contribution in [0.2, 0.25) is 5.02 Å². The van der Waals surface area contributed by atoms with Gasteiger partial charge in [0.05, 0.1) is 19.3 Å². The highest BCUT2D eigenvalue weighted by Crippen LogP contribution is 2.40. The molecule has 2 aromatic rings. The van der Waals surface area contributed by atoms with Gasteiger partial charge in [-0.05, 0) is 28.8 Å². The van der Waals surface area contributed by atoms with Crippen molar-refractivity contribution in [3.63, 3.8) is 0 Å². The summed E-state index contributed by atoms with van der Waals surface area (Å²) in [5.41, 5.74) is 2.98. The summed E-state index contributed by atoms with van der Waals surface area (Å²) in [5, 5.41) is 10.6. The molecule has 0 bridgehead atoms. The number of aliphatic hydroxyl groups excluding tert-OH is 1. The molecule has 1 aliphatic heterocycles. The second kappa shape index (κ2) is 5.21. The number of benzene rings is 2. The van der Waals surface area contributed by atoms with Gasteiger partial charge in [0.15, 0.2) is 0 Å². The molecule has 0 saturated carbocycles. The Kier molecular flexibility index (Phi) is 3.55. The van der Waals surface area contributed by atoms with E-state index in [4.69, 9.17) is 16.3 Å². The average molecular weight is 289 g/mol. The molecule has 1 heterocycles. The summed E-state index contributed by atoms with van der Waals surface area (Å²) in [5.74, 6) is 0. The Bertz CT molecular complexity index is 605. The third kappa shape index (κ3) is 2.35. The lowest BCUT2D eigenvalue weighted by atomic mass is 9.76. The maximum Gasteiger partial charge on any atom is 0.0925 e. The van der Waals surface area contributed by atoms with Crippen LogP contribution in [-0.4, -0.2) is 24.4 Å². The maximum absolute atomic E-state index is 9.86. The summed E-state index contributed by atoms with van der Waals surface area (Å²) < 4.78 is 5.45. The summed E-state index contributed by atoms with van der Waals surface area (Å²) in [6, 6.07) is 16.0. The standard InChI is InChI=1S/C17H17ClO2/c1-17(11-19,16-10-20-16)15-5-3-2-4-14(15)12-6-8-13(18)9-7-12/h2-9,16,19H,10-11H2,1H3. The Morgan fingerprint density at radius 1 is 1.20 bits per heavy atom. The monoisotopic (exact) mass is 288 g/mol. The zero-order valence-electron chi connectivity index (χ0n) is 11.3. The minimum atomic E-state index is -0.365. The van der Waals surface area contributed by atoms with Crippen molar-refractivity contribution in [2.24, 2.45) is 0 Å². The van der Waals surface area contributed by atoms with Crippen LogP contribution in [0.3, 0.4) is 0 Å². The van der Waals surface area contributed by atoms with Gasteiger partial charge in [0.25, 0.3) is 0 Å². The van der Waals surface area contributed by atoms with Gasteiger partial charge in [-0.15, -0.1) is 0 Å². The van der Waals surface area contributed by atoms with Gasteiger partial charge in [-0.3, -0.25) is 0 Å². The van der Waals surface area contributed by atoms with Gasteiger partial charge < -0.3 is 9.84 Å². The van der Waals surface area contributed by atoms with E-state index in [9.17, 15) is 5.11 Å². The van der Waals surface area contributed by atoms with E-state index in [2.05, 4.69) is 19.1 Å². The summed E-state index contributed by atoms with van der Waals surface area (Å²) in [7, 11) is 0. The largest absolute Gasteiger partial charge is 0.395 e. The predicted molar refractivity (Wildman–Crippen MR) is 81.1 cm³/mol. The fraction of sp³-hybridized carbons (Fsp3) is 0.294. The van der Waals surface area contributed by atoms with Crippen molar-refractivity contribution in [3.05, 3.63) is 59.1 Å². The maximum atomic E-state index is 9.86. The molecule has 0 spiro atoms. The van der Waals surface area contributed by atoms with Crippen LogP contribution in [0.15, 0.2) is 48.5 Å². The number of rotatable bonds is 4. The summed E-state index contributed by atoms with van der Waals surface area (Å²) in [4.78, 5) is 0. The first-order valence-corrected chi connectivity index (χ1v) is 7.11. The fourth-order valence-corrected chi connectivity index (χ4v) is 2.76. The minimum absolute atomic E-state index is 0.0717. The first kappa shape index (κ1) is 13.6. The van der Waals surface area contributed by atoms with Crippen LogP contribution >= 0.6 is 11.6 Å². The molecule has 0 radical (unpaired) electrons. The lowest BCUT2D eigenvalue weighted by molar-refractivity contribution is 0.171. The number of halogens is 1. The zero-order valence-corrected chi connectivity index (χ0v) is 12.1. The van der Waals surface area contributed by atoms with Gasteiger partial charge in [-0.2, -0.15) is 0 Å². The number of hydrogen-bond acceptors (Lipinski definition) is 2. The molecule has 2 nitrogen and oxygen atoms in total. The molecular formula is C17H17ClO2. The van der Waals surface area contributed by atoms with Crippen molar-refractivity contribution in [2.75, 3.05) is 13.2 Å². The molecule has 1 N–H and O–H groups in total. The molecule has 1 saturated heterocycles. The lowest BCUT2D eigenvalue weighted by Gasteiger charge is -2.28. The Labute approximate surface area is 124 Å². The molecule has 104 valence electrons. The molecule has 1 aliphatic rings. The third-order valence-corrected chi connectivity index (χ3v) is 4.32. The lowest BCUT2D eigenvalue weighted by Crippen LogP contribution is -2.33. The molecule has 2 aromatic carbocycles. The Balaban J connectivity index is 2.10. The van der Waals surface area contributed by atoms with Gasteiger partial charge in [0.1, 0.15) is 0 Å². The Hall–Kier alpha value is -1.35. The van der Waals surface area contributed by atoms with E-state index in [1.165, 1.54) is 0 Å². The summed E-state index contributed by atoms with van der Waals surface area (Å²) in [6.45, 7) is 2.84. The quantitative estimate of drug-likeness (QED) is 0.871. The second-order valence-corrected chi connectivity index (χ2v) is 5.89. The van der Waals surface area contributed by atoms with E-state index >= 15 is 0 Å². The first-order valence-electron chi connectivity index (χ1n) is 6.73. The molecule has 0 aliphatic carbocycles. The molecule has 20 heavy (non-hydrogen) atoms. The smallest absolute Gasteiger partial charge is 0.0925 e. The van der Waals surface area contributed by atoms with Crippen molar-refractivity contribution in [2.45, 2.75) is 18.4 Å². The molecule has 3 heteroatoms. The average Bonchev–Trinajstić information content (AvgIpc) is 3.32. The zero-order chi connectivity index (χ0) is 14.2. The molecule has 2 atom stereocenters. The van der Waals surface area contributed by atoms with E-state index in [-0.39, 0.29) is 18.1 Å². The summed E-state index contributed by atoms with van der Waals surface area (Å²) in [6.07, 6.45) is 0.0981. The van der Waals surface area contributed by atoms with Crippen LogP contribution in [0, 0.1) is 0 Å². The molecule has 1 fully saturated rings. The van der Waals surface area contributed by atoms with Crippen LogP contribution in [-0.2, 0) is 10.2 Å². The van der Waals surface area contributed by atoms with Gasteiger partial charge in [-0.25, -0.2) is 0 Å². The van der Waals surface area contributed by atoms with E-state index < -0.39 is 0 Å². The molecule has 0 amide bonds. The Morgan fingerprint density at radius 2 is 1.85 bits per heavy atom. The van der Waals surface area contributed by atoms with E-state index in [0.29, 0.717) is 6.61 Å². The normalized spacial score (nSPS) is 20.4. The molecular weight excluding hydrogens is 272 g/mol. The molecule has 2 unspecified atom stereocenters. The third-order valence-electron chi connectivity index (χ3n) is 4.07. The Morgan fingerprint density at radius 3 is 2.45 bits per heavy atom. The SMILES string of the molecule is CC(CO)(c1ccccc1-c1ccc(Cl)cc1)C1CO1. The molecule has 3 rings (SSSR count). The number of epoxide rings is 1. The highest BCUT2D eigenvalue weighted by Gasteiger charge is 2.45. The van der Waals surface area contributed by atoms with Crippen molar-refractivity contribution in [3.8, 4) is 11.1 Å². The van der Waals surface area contributed by atoms with Crippen molar-refractivity contribution >= 4 is 11.6 Å². The number of hydrogen-bond donors (Lipinski definition) is 1. The number of aliphatic hydroxyl groups is 1. The number of ether oxygens (including phenoxy) is 1. The highest BCUT2D eigenvalue weighted by atomic mass is 35.5. The van der Waals surface area contributed by atoms with Gasteiger partial charge >= 0.3 is 0 Å². The van der Waals surface area contributed by atoms with Crippen molar-refractivity contribution in [1.29, 1.82) is 0 Å². The van der Waals surface area contributed by atoms with Gasteiger partial charge in [0, 0.05) is 10.4 Å². The van der Waals surface area contributed by atoms with Crippen molar-refractivity contribution in [1.82, 2.24) is 0 Å². The van der Waals surface area contributed by atoms with Crippen LogP contribution in [0.4, 0.5) is 0 Å². The fourth-order valence-electron chi connectivity index (χ4n) is 2.64. The second-order valence-electron chi connectivity index (χ2n) is 5.45. The van der Waals surface area contributed by atoms with E-state index in [1.54, 1.807) is 0 Å². The first-order chi connectivity index (χ1) is 9.65. The summed E-state index contributed by atoms with van der Waals surface area (Å²) >= 11 is 5.96. The predicted octanol–water partition coefficient (Wildman–Crippen LogP) is 3.66. The minimum Gasteiger partial charge on any atom is -0.395 e. The van der Waals surface area contributed by atoms with Gasteiger partial charge in [-0.1, -0.05) is 54.9 Å². The topological polar surface area (TPSA) is 32.8 Å². The van der Waals surface area contributed by atoms with Crippen LogP contribution in [0.5, 0.6) is 0 Å².